The Morgan fingerprint density at radius 1 is 1.33 bits per heavy atom. The standard InChI is InChI=1S/C10H15NS/c1-7(2)12-10-5-8(3)6-11-9(10)4/h5-7H,1-4H3. The molecule has 0 aliphatic rings. The van der Waals surface area contributed by atoms with Crippen molar-refractivity contribution in [1.29, 1.82) is 0 Å². The summed E-state index contributed by atoms with van der Waals surface area (Å²) in [5.74, 6) is 0. The molecule has 0 aliphatic heterocycles. The average Bonchev–Trinajstić information content (AvgIpc) is 1.96. The summed E-state index contributed by atoms with van der Waals surface area (Å²) in [6, 6.07) is 2.20. The highest BCUT2D eigenvalue weighted by molar-refractivity contribution is 8.00. The molecule has 1 aromatic heterocycles. The van der Waals surface area contributed by atoms with Crippen LogP contribution in [0.1, 0.15) is 25.1 Å². The molecule has 12 heavy (non-hydrogen) atoms. The van der Waals surface area contributed by atoms with Gasteiger partial charge in [-0.15, -0.1) is 11.8 Å². The second-order valence-electron chi connectivity index (χ2n) is 3.26. The highest BCUT2D eigenvalue weighted by Crippen LogP contribution is 2.25. The van der Waals surface area contributed by atoms with E-state index in [1.54, 1.807) is 0 Å². The third kappa shape index (κ3) is 2.52. The molecule has 2 heteroatoms. The van der Waals surface area contributed by atoms with E-state index in [1.165, 1.54) is 10.5 Å². The van der Waals surface area contributed by atoms with E-state index in [4.69, 9.17) is 0 Å². The molecule has 0 bridgehead atoms. The lowest BCUT2D eigenvalue weighted by molar-refractivity contribution is 1.06. The van der Waals surface area contributed by atoms with E-state index in [1.807, 2.05) is 18.0 Å². The van der Waals surface area contributed by atoms with Gasteiger partial charge >= 0.3 is 0 Å². The molecule has 0 unspecified atom stereocenters. The molecule has 0 aliphatic carbocycles. The molecule has 0 spiro atoms. The number of rotatable bonds is 2. The minimum atomic E-state index is 0.632. The molecule has 0 atom stereocenters. The maximum atomic E-state index is 4.31. The summed E-state index contributed by atoms with van der Waals surface area (Å²) in [4.78, 5) is 5.62. The van der Waals surface area contributed by atoms with Crippen LogP contribution in [-0.4, -0.2) is 10.2 Å². The van der Waals surface area contributed by atoms with Crippen LogP contribution in [-0.2, 0) is 0 Å². The number of aryl methyl sites for hydroxylation is 2. The van der Waals surface area contributed by atoms with Crippen LogP contribution in [0.3, 0.4) is 0 Å². The number of pyridine rings is 1. The molecule has 1 aromatic rings. The molecule has 0 radical (unpaired) electrons. The summed E-state index contributed by atoms with van der Waals surface area (Å²) >= 11 is 1.88. The van der Waals surface area contributed by atoms with Crippen molar-refractivity contribution in [3.05, 3.63) is 23.5 Å². The van der Waals surface area contributed by atoms with Crippen molar-refractivity contribution in [2.75, 3.05) is 0 Å². The summed E-state index contributed by atoms with van der Waals surface area (Å²) in [6.45, 7) is 8.54. The summed E-state index contributed by atoms with van der Waals surface area (Å²) in [5, 5.41) is 0.632. The third-order valence-electron chi connectivity index (χ3n) is 1.54. The van der Waals surface area contributed by atoms with Crippen molar-refractivity contribution in [2.24, 2.45) is 0 Å². The highest BCUT2D eigenvalue weighted by atomic mass is 32.2. The van der Waals surface area contributed by atoms with Crippen molar-refractivity contribution < 1.29 is 0 Å². The smallest absolute Gasteiger partial charge is 0.0508 e. The van der Waals surface area contributed by atoms with E-state index in [-0.39, 0.29) is 0 Å². The van der Waals surface area contributed by atoms with Gasteiger partial charge in [-0.25, -0.2) is 0 Å². The Labute approximate surface area is 78.6 Å². The normalized spacial score (nSPS) is 10.8. The van der Waals surface area contributed by atoms with Gasteiger partial charge in [-0.1, -0.05) is 13.8 Å². The first-order chi connectivity index (χ1) is 5.59. The average molecular weight is 181 g/mol. The van der Waals surface area contributed by atoms with Gasteiger partial charge in [0.15, 0.2) is 0 Å². The number of thioether (sulfide) groups is 1. The molecule has 0 N–H and O–H groups in total. The zero-order valence-corrected chi connectivity index (χ0v) is 8.90. The predicted octanol–water partition coefficient (Wildman–Crippen LogP) is 3.20. The highest BCUT2D eigenvalue weighted by Gasteiger charge is 2.02. The molecule has 1 heterocycles. The lowest BCUT2D eigenvalue weighted by Crippen LogP contribution is -1.91. The van der Waals surface area contributed by atoms with Crippen molar-refractivity contribution in [1.82, 2.24) is 4.98 Å². The zero-order valence-electron chi connectivity index (χ0n) is 8.09. The second kappa shape index (κ2) is 3.94. The minimum absolute atomic E-state index is 0.632. The van der Waals surface area contributed by atoms with E-state index >= 15 is 0 Å². The molecule has 0 aromatic carbocycles. The number of hydrogen-bond donors (Lipinski definition) is 0. The second-order valence-corrected chi connectivity index (χ2v) is 4.88. The van der Waals surface area contributed by atoms with E-state index in [9.17, 15) is 0 Å². The van der Waals surface area contributed by atoms with Gasteiger partial charge in [0.1, 0.15) is 0 Å². The van der Waals surface area contributed by atoms with E-state index in [0.29, 0.717) is 5.25 Å². The predicted molar refractivity (Wildman–Crippen MR) is 54.7 cm³/mol. The quantitative estimate of drug-likeness (QED) is 0.650. The largest absolute Gasteiger partial charge is 0.260 e. The van der Waals surface area contributed by atoms with Gasteiger partial charge in [-0.3, -0.25) is 4.98 Å². The Bertz CT molecular complexity index is 269. The molecule has 0 saturated carbocycles. The van der Waals surface area contributed by atoms with E-state index < -0.39 is 0 Å². The molecular weight excluding hydrogens is 166 g/mol. The summed E-state index contributed by atoms with van der Waals surface area (Å²) < 4.78 is 0. The number of hydrogen-bond acceptors (Lipinski definition) is 2. The van der Waals surface area contributed by atoms with Gasteiger partial charge < -0.3 is 0 Å². The fourth-order valence-corrected chi connectivity index (χ4v) is 1.97. The molecule has 66 valence electrons. The van der Waals surface area contributed by atoms with Crippen molar-refractivity contribution >= 4 is 11.8 Å². The van der Waals surface area contributed by atoms with Gasteiger partial charge in [0, 0.05) is 16.3 Å². The third-order valence-corrected chi connectivity index (χ3v) is 2.68. The van der Waals surface area contributed by atoms with Gasteiger partial charge in [-0.05, 0) is 25.5 Å². The van der Waals surface area contributed by atoms with Crippen molar-refractivity contribution in [3.8, 4) is 0 Å². The van der Waals surface area contributed by atoms with Crippen LogP contribution < -0.4 is 0 Å². The summed E-state index contributed by atoms with van der Waals surface area (Å²) in [6.07, 6.45) is 1.92. The van der Waals surface area contributed by atoms with Crippen LogP contribution in [0.2, 0.25) is 0 Å². The van der Waals surface area contributed by atoms with Crippen LogP contribution in [0.25, 0.3) is 0 Å². The molecule has 1 nitrogen and oxygen atoms in total. The Balaban J connectivity index is 2.90. The van der Waals surface area contributed by atoms with Crippen LogP contribution in [0, 0.1) is 13.8 Å². The Morgan fingerprint density at radius 3 is 2.58 bits per heavy atom. The summed E-state index contributed by atoms with van der Waals surface area (Å²) in [5.41, 5.74) is 2.38. The summed E-state index contributed by atoms with van der Waals surface area (Å²) in [7, 11) is 0. The monoisotopic (exact) mass is 181 g/mol. The lowest BCUT2D eigenvalue weighted by Gasteiger charge is -2.07. The lowest BCUT2D eigenvalue weighted by atomic mass is 10.3. The Kier molecular flexibility index (Phi) is 3.15. The fourth-order valence-electron chi connectivity index (χ4n) is 0.984. The first-order valence-corrected chi connectivity index (χ1v) is 5.07. The van der Waals surface area contributed by atoms with E-state index in [2.05, 4.69) is 38.7 Å². The van der Waals surface area contributed by atoms with Gasteiger partial charge in [0.2, 0.25) is 0 Å². The Hall–Kier alpha value is -0.500. The molecular formula is C10H15NS. The molecule has 0 amide bonds. The molecule has 0 fully saturated rings. The SMILES string of the molecule is Cc1cnc(C)c(SC(C)C)c1. The zero-order chi connectivity index (χ0) is 9.14. The van der Waals surface area contributed by atoms with E-state index in [0.717, 1.165) is 5.69 Å². The van der Waals surface area contributed by atoms with Gasteiger partial charge in [0.25, 0.3) is 0 Å². The topological polar surface area (TPSA) is 12.9 Å². The maximum Gasteiger partial charge on any atom is 0.0508 e. The van der Waals surface area contributed by atoms with Gasteiger partial charge in [-0.2, -0.15) is 0 Å². The molecule has 1 rings (SSSR count). The first kappa shape index (κ1) is 9.59. The fraction of sp³-hybridized carbons (Fsp3) is 0.500. The van der Waals surface area contributed by atoms with Crippen LogP contribution >= 0.6 is 11.8 Å². The number of nitrogens with zero attached hydrogens (tertiary/aromatic N) is 1. The molecule has 0 saturated heterocycles. The van der Waals surface area contributed by atoms with Crippen LogP contribution in [0.4, 0.5) is 0 Å². The minimum Gasteiger partial charge on any atom is -0.260 e. The van der Waals surface area contributed by atoms with Crippen molar-refractivity contribution in [3.63, 3.8) is 0 Å². The van der Waals surface area contributed by atoms with Gasteiger partial charge in [0.05, 0.1) is 5.69 Å². The maximum absolute atomic E-state index is 4.31. The van der Waals surface area contributed by atoms with Crippen LogP contribution in [0.15, 0.2) is 17.2 Å². The van der Waals surface area contributed by atoms with Crippen LogP contribution in [0.5, 0.6) is 0 Å². The number of aromatic nitrogens is 1. The Morgan fingerprint density at radius 2 is 2.00 bits per heavy atom. The first-order valence-electron chi connectivity index (χ1n) is 4.19. The van der Waals surface area contributed by atoms with Crippen molar-refractivity contribution in [2.45, 2.75) is 37.8 Å².